The normalized spacial score (nSPS) is 12.2. The summed E-state index contributed by atoms with van der Waals surface area (Å²) in [5, 5.41) is 9.39. The van der Waals surface area contributed by atoms with Gasteiger partial charge in [-0.2, -0.15) is 0 Å². The third kappa shape index (κ3) is 4.84. The number of aromatic nitrogens is 2. The first-order valence-electron chi connectivity index (χ1n) is 13.3. The van der Waals surface area contributed by atoms with Gasteiger partial charge >= 0.3 is 5.97 Å². The van der Waals surface area contributed by atoms with Gasteiger partial charge in [0.25, 0.3) is 0 Å². The Morgan fingerprint density at radius 1 is 0.923 bits per heavy atom. The Kier molecular flexibility index (Phi) is 6.49. The predicted octanol–water partition coefficient (Wildman–Crippen LogP) is 7.52. The molecule has 0 atom stereocenters. The topological polar surface area (TPSA) is 64.3 Å². The lowest BCUT2D eigenvalue weighted by Crippen LogP contribution is -2.11. The molecule has 0 fully saturated rings. The highest BCUT2D eigenvalue weighted by Crippen LogP contribution is 2.45. The number of benzene rings is 3. The largest absolute Gasteiger partial charge is 0.490 e. The van der Waals surface area contributed by atoms with E-state index in [1.54, 1.807) is 18.3 Å². The van der Waals surface area contributed by atoms with E-state index in [1.807, 2.05) is 30.5 Å². The number of fused-ring (bicyclic) bond motifs is 3. The maximum absolute atomic E-state index is 11.4. The van der Waals surface area contributed by atoms with E-state index in [9.17, 15) is 9.90 Å². The fourth-order valence-electron chi connectivity index (χ4n) is 5.53. The van der Waals surface area contributed by atoms with Crippen LogP contribution in [-0.4, -0.2) is 26.7 Å². The van der Waals surface area contributed by atoms with Gasteiger partial charge in [-0.25, -0.2) is 4.79 Å². The highest BCUT2D eigenvalue weighted by atomic mass is 16.5. The van der Waals surface area contributed by atoms with Crippen molar-refractivity contribution in [3.63, 3.8) is 0 Å². The van der Waals surface area contributed by atoms with Crippen LogP contribution in [0, 0.1) is 0 Å². The molecule has 0 saturated carbocycles. The van der Waals surface area contributed by atoms with Gasteiger partial charge in [0.15, 0.2) is 0 Å². The fraction of sp³-hybridized carbons (Fsp3) is 0.176. The molecule has 1 N–H and O–H groups in total. The van der Waals surface area contributed by atoms with Crippen molar-refractivity contribution in [1.82, 2.24) is 9.55 Å². The highest BCUT2D eigenvalue weighted by Gasteiger charge is 2.27. The van der Waals surface area contributed by atoms with Gasteiger partial charge in [-0.1, -0.05) is 48.5 Å². The van der Waals surface area contributed by atoms with Gasteiger partial charge in [-0.05, 0) is 84.8 Å². The summed E-state index contributed by atoms with van der Waals surface area (Å²) in [4.78, 5) is 15.8. The minimum Gasteiger partial charge on any atom is -0.490 e. The third-order valence-corrected chi connectivity index (χ3v) is 7.25. The second kappa shape index (κ2) is 10.3. The summed E-state index contributed by atoms with van der Waals surface area (Å²) < 4.78 is 8.70. The summed E-state index contributed by atoms with van der Waals surface area (Å²) in [6, 6.07) is 26.2. The van der Waals surface area contributed by atoms with Crippen LogP contribution >= 0.6 is 0 Å². The van der Waals surface area contributed by atoms with E-state index >= 15 is 0 Å². The lowest BCUT2D eigenvalue weighted by molar-refractivity contribution is 0.0697. The summed E-state index contributed by atoms with van der Waals surface area (Å²) >= 11 is 0. The quantitative estimate of drug-likeness (QED) is 0.244. The monoisotopic (exact) mass is 514 g/mol. The van der Waals surface area contributed by atoms with Crippen molar-refractivity contribution in [3.8, 4) is 39.3 Å². The molecule has 3 aromatic carbocycles. The molecule has 5 heteroatoms. The number of hydrogen-bond acceptors (Lipinski definition) is 3. The zero-order chi connectivity index (χ0) is 26.9. The van der Waals surface area contributed by atoms with Crippen LogP contribution in [0.15, 0.2) is 97.5 Å². The number of pyridine rings is 1. The maximum Gasteiger partial charge on any atom is 0.335 e. The first kappa shape index (κ1) is 24.7. The van der Waals surface area contributed by atoms with Crippen LogP contribution in [0.2, 0.25) is 0 Å². The van der Waals surface area contributed by atoms with Crippen LogP contribution in [0.1, 0.15) is 40.9 Å². The molecule has 0 amide bonds. The van der Waals surface area contributed by atoms with Gasteiger partial charge < -0.3 is 14.4 Å². The first-order valence-corrected chi connectivity index (χ1v) is 13.3. The van der Waals surface area contributed by atoms with E-state index < -0.39 is 5.97 Å². The van der Waals surface area contributed by atoms with Crippen molar-refractivity contribution in [1.29, 1.82) is 0 Å². The Labute approximate surface area is 228 Å². The van der Waals surface area contributed by atoms with Gasteiger partial charge in [0.05, 0.1) is 17.4 Å². The number of ether oxygens (including phenoxy) is 1. The smallest absolute Gasteiger partial charge is 0.335 e. The van der Waals surface area contributed by atoms with Crippen molar-refractivity contribution in [2.24, 2.45) is 0 Å². The molecule has 2 heterocycles. The molecule has 0 bridgehead atoms. The number of carboxylic acid groups (broad SMARTS) is 1. The standard InChI is InChI=1S/C34H30N2O3/c1-22(2)39-32-18-30-27(17-29(32)24-8-4-3-5-9-24)14-15-28-31(25-10-12-26(13-11-25)34(37)38)21-36(33(28)30)20-23-7-6-16-35-19-23/h3-13,16-19,21-22H,14-15,20H2,1-2H3,(H,37,38). The van der Waals surface area contributed by atoms with Gasteiger partial charge in [0, 0.05) is 41.8 Å². The minimum absolute atomic E-state index is 0.0408. The lowest BCUT2D eigenvalue weighted by atomic mass is 9.85. The van der Waals surface area contributed by atoms with E-state index in [-0.39, 0.29) is 11.7 Å². The van der Waals surface area contributed by atoms with Gasteiger partial charge in [0.2, 0.25) is 0 Å². The third-order valence-electron chi connectivity index (χ3n) is 7.25. The number of carboxylic acids is 1. The van der Waals surface area contributed by atoms with Crippen LogP contribution < -0.4 is 4.74 Å². The Hall–Kier alpha value is -4.64. The predicted molar refractivity (Wildman–Crippen MR) is 154 cm³/mol. The van der Waals surface area contributed by atoms with E-state index in [1.165, 1.54) is 22.4 Å². The second-order valence-electron chi connectivity index (χ2n) is 10.3. The molecule has 39 heavy (non-hydrogen) atoms. The lowest BCUT2D eigenvalue weighted by Gasteiger charge is -2.24. The van der Waals surface area contributed by atoms with Crippen molar-refractivity contribution in [2.75, 3.05) is 0 Å². The van der Waals surface area contributed by atoms with Crippen LogP contribution in [0.4, 0.5) is 0 Å². The Balaban J connectivity index is 1.54. The Bertz CT molecular complexity index is 1640. The fourth-order valence-corrected chi connectivity index (χ4v) is 5.53. The summed E-state index contributed by atoms with van der Waals surface area (Å²) in [5.41, 5.74) is 10.8. The zero-order valence-electron chi connectivity index (χ0n) is 22.1. The summed E-state index contributed by atoms with van der Waals surface area (Å²) in [6.45, 7) is 4.80. The summed E-state index contributed by atoms with van der Waals surface area (Å²) in [7, 11) is 0. The molecule has 1 aliphatic carbocycles. The minimum atomic E-state index is -0.918. The summed E-state index contributed by atoms with van der Waals surface area (Å²) in [5.74, 6) is -0.0390. The van der Waals surface area contributed by atoms with Crippen molar-refractivity contribution >= 4 is 5.97 Å². The number of nitrogens with zero attached hydrogens (tertiary/aromatic N) is 2. The number of carbonyl (C=O) groups is 1. The molecule has 0 aliphatic heterocycles. The van der Waals surface area contributed by atoms with Gasteiger partial charge in [-0.3, -0.25) is 4.98 Å². The molecule has 5 aromatic rings. The molecule has 2 aromatic heterocycles. The van der Waals surface area contributed by atoms with E-state index in [2.05, 4.69) is 72.1 Å². The maximum atomic E-state index is 11.4. The van der Waals surface area contributed by atoms with Crippen LogP contribution in [0.5, 0.6) is 5.75 Å². The molecule has 194 valence electrons. The molecule has 0 radical (unpaired) electrons. The van der Waals surface area contributed by atoms with Crippen LogP contribution in [0.3, 0.4) is 0 Å². The SMILES string of the molecule is CC(C)Oc1cc2c(cc1-c1ccccc1)CCc1c(-c3ccc(C(=O)O)cc3)cn(Cc3cccnc3)c1-2. The molecular formula is C34H30N2O3. The highest BCUT2D eigenvalue weighted by molar-refractivity contribution is 5.89. The molecule has 0 spiro atoms. The van der Waals surface area contributed by atoms with E-state index in [0.717, 1.165) is 46.4 Å². The average molecular weight is 515 g/mol. The molecule has 1 aliphatic rings. The van der Waals surface area contributed by atoms with Crippen LogP contribution in [0.25, 0.3) is 33.5 Å². The van der Waals surface area contributed by atoms with E-state index in [0.29, 0.717) is 6.54 Å². The van der Waals surface area contributed by atoms with Gasteiger partial charge in [-0.15, -0.1) is 0 Å². The first-order chi connectivity index (χ1) is 19.0. The number of hydrogen-bond donors (Lipinski definition) is 1. The average Bonchev–Trinajstić information content (AvgIpc) is 3.32. The molecule has 0 saturated heterocycles. The number of rotatable bonds is 7. The molecule has 6 rings (SSSR count). The van der Waals surface area contributed by atoms with Crippen molar-refractivity contribution in [3.05, 3.63) is 120 Å². The van der Waals surface area contributed by atoms with Gasteiger partial charge in [0.1, 0.15) is 5.75 Å². The Morgan fingerprint density at radius 3 is 2.38 bits per heavy atom. The van der Waals surface area contributed by atoms with E-state index in [4.69, 9.17) is 4.74 Å². The number of aromatic carboxylic acids is 1. The van der Waals surface area contributed by atoms with Crippen molar-refractivity contribution < 1.29 is 14.6 Å². The second-order valence-corrected chi connectivity index (χ2v) is 10.3. The zero-order valence-corrected chi connectivity index (χ0v) is 22.1. The number of aryl methyl sites for hydroxylation is 1. The summed E-state index contributed by atoms with van der Waals surface area (Å²) in [6.07, 6.45) is 7.76. The molecule has 0 unspecified atom stereocenters. The van der Waals surface area contributed by atoms with Crippen LogP contribution in [-0.2, 0) is 19.4 Å². The molecular weight excluding hydrogens is 484 g/mol. The Morgan fingerprint density at radius 2 is 1.69 bits per heavy atom. The van der Waals surface area contributed by atoms with Crippen molar-refractivity contribution in [2.45, 2.75) is 39.3 Å². The molecule has 5 nitrogen and oxygen atoms in total.